The normalized spacial score (nSPS) is 20.7. The van der Waals surface area contributed by atoms with Crippen molar-refractivity contribution in [2.75, 3.05) is 33.2 Å². The van der Waals surface area contributed by atoms with Crippen LogP contribution in [0, 0.1) is 6.92 Å². The van der Waals surface area contributed by atoms with Crippen molar-refractivity contribution < 1.29 is 9.84 Å². The first kappa shape index (κ1) is 25.3. The van der Waals surface area contributed by atoms with Crippen molar-refractivity contribution in [3.8, 4) is 0 Å². The molecular weight excluding hydrogens is 492 g/mol. The summed E-state index contributed by atoms with van der Waals surface area (Å²) in [6, 6.07) is 13.6. The van der Waals surface area contributed by atoms with Crippen molar-refractivity contribution in [2.45, 2.75) is 56.0 Å². The third-order valence-electron chi connectivity index (χ3n) is 7.66. The number of aromatic nitrogens is 1. The van der Waals surface area contributed by atoms with Crippen molar-refractivity contribution in [2.24, 2.45) is 4.99 Å². The monoisotopic (exact) mass is 528 g/mol. The summed E-state index contributed by atoms with van der Waals surface area (Å²) in [5.74, 6) is 0. The van der Waals surface area contributed by atoms with Gasteiger partial charge in [-0.2, -0.15) is 4.31 Å². The summed E-state index contributed by atoms with van der Waals surface area (Å²) in [5.41, 5.74) is 2.90. The fraction of sp³-hybridized carbons (Fsp3) is 0.481. The lowest BCUT2D eigenvalue weighted by Crippen LogP contribution is -2.41. The minimum atomic E-state index is -3.53. The van der Waals surface area contributed by atoms with Gasteiger partial charge < -0.3 is 4.90 Å². The number of rotatable bonds is 7. The van der Waals surface area contributed by atoms with Gasteiger partial charge in [0.15, 0.2) is 0 Å². The van der Waals surface area contributed by atoms with Gasteiger partial charge in [0.2, 0.25) is 10.0 Å². The van der Waals surface area contributed by atoms with Crippen LogP contribution in [-0.4, -0.2) is 67.7 Å². The Morgan fingerprint density at radius 2 is 1.89 bits per heavy atom. The first-order chi connectivity index (χ1) is 17.4. The van der Waals surface area contributed by atoms with Crippen LogP contribution in [-0.2, 0) is 10.0 Å². The summed E-state index contributed by atoms with van der Waals surface area (Å²) in [6.45, 7) is 5.25. The molecule has 36 heavy (non-hydrogen) atoms. The molecule has 5 rings (SSSR count). The Balaban J connectivity index is 0.00000320. The van der Waals surface area contributed by atoms with Crippen LogP contribution >= 0.6 is 11.3 Å². The SMILES string of the molecule is CN=Cc1ccc(S(=O)(=O)N2CCC[C@@H]2CCN2CCC(n3c(=O)sc4ccccc43)CC2)cc1C.[HH]. The third kappa shape index (κ3) is 4.94. The maximum absolute atomic E-state index is 13.5. The van der Waals surface area contributed by atoms with Gasteiger partial charge in [0.05, 0.1) is 15.1 Å². The van der Waals surface area contributed by atoms with Crippen LogP contribution in [0.15, 0.2) is 57.1 Å². The Hall–Kier alpha value is -2.33. The Labute approximate surface area is 218 Å². The van der Waals surface area contributed by atoms with Crippen molar-refractivity contribution in [3.63, 3.8) is 0 Å². The summed E-state index contributed by atoms with van der Waals surface area (Å²) in [6.07, 6.45) is 6.29. The highest BCUT2D eigenvalue weighted by Crippen LogP contribution is 2.31. The van der Waals surface area contributed by atoms with E-state index >= 15 is 0 Å². The van der Waals surface area contributed by atoms with Gasteiger partial charge in [-0.25, -0.2) is 8.42 Å². The van der Waals surface area contributed by atoms with E-state index in [4.69, 9.17) is 0 Å². The molecule has 3 aromatic rings. The third-order valence-corrected chi connectivity index (χ3v) is 10.5. The van der Waals surface area contributed by atoms with Crippen LogP contribution < -0.4 is 4.87 Å². The second-order valence-corrected chi connectivity index (χ2v) is 12.8. The number of nitrogens with zero attached hydrogens (tertiary/aromatic N) is 4. The number of piperidine rings is 1. The molecule has 0 amide bonds. The number of aryl methyl sites for hydroxylation is 1. The average molecular weight is 529 g/mol. The lowest BCUT2D eigenvalue weighted by Gasteiger charge is -2.34. The molecule has 0 bridgehead atoms. The number of hydrogen-bond donors (Lipinski definition) is 0. The molecule has 0 unspecified atom stereocenters. The maximum atomic E-state index is 13.5. The lowest BCUT2D eigenvalue weighted by atomic mass is 10.0. The molecule has 0 saturated carbocycles. The number of likely N-dealkylation sites (tertiary alicyclic amines) is 1. The highest BCUT2D eigenvalue weighted by atomic mass is 32.2. The zero-order valence-corrected chi connectivity index (χ0v) is 22.6. The highest BCUT2D eigenvalue weighted by Gasteiger charge is 2.35. The van der Waals surface area contributed by atoms with Gasteiger partial charge in [0.25, 0.3) is 0 Å². The fourth-order valence-corrected chi connectivity index (χ4v) is 8.47. The Bertz CT molecular complexity index is 1420. The van der Waals surface area contributed by atoms with Gasteiger partial charge in [-0.3, -0.25) is 14.4 Å². The van der Waals surface area contributed by atoms with Crippen LogP contribution in [0.3, 0.4) is 0 Å². The quantitative estimate of drug-likeness (QED) is 0.422. The highest BCUT2D eigenvalue weighted by molar-refractivity contribution is 7.89. The summed E-state index contributed by atoms with van der Waals surface area (Å²) in [5, 5.41) is 0. The van der Waals surface area contributed by atoms with Gasteiger partial charge in [0, 0.05) is 46.4 Å². The first-order valence-corrected chi connectivity index (χ1v) is 15.0. The van der Waals surface area contributed by atoms with E-state index in [1.54, 1.807) is 29.7 Å². The number of hydrogen-bond acceptors (Lipinski definition) is 6. The molecule has 2 fully saturated rings. The molecule has 2 aliphatic rings. The fourth-order valence-electron chi connectivity index (χ4n) is 5.70. The Morgan fingerprint density at radius 3 is 2.64 bits per heavy atom. The van der Waals surface area contributed by atoms with E-state index in [9.17, 15) is 13.2 Å². The second-order valence-electron chi connectivity index (χ2n) is 9.88. The van der Waals surface area contributed by atoms with Crippen LogP contribution in [0.25, 0.3) is 10.2 Å². The Kier molecular flexibility index (Phi) is 7.44. The van der Waals surface area contributed by atoms with Gasteiger partial charge >= 0.3 is 4.87 Å². The van der Waals surface area contributed by atoms with Gasteiger partial charge in [0.1, 0.15) is 0 Å². The van der Waals surface area contributed by atoms with Crippen LogP contribution in [0.2, 0.25) is 0 Å². The molecular formula is C27H36N4O3S2. The maximum Gasteiger partial charge on any atom is 0.308 e. The number of aliphatic imine (C=N–C) groups is 1. The largest absolute Gasteiger partial charge is 0.308 e. The number of benzene rings is 2. The predicted octanol–water partition coefficient (Wildman–Crippen LogP) is 4.55. The molecule has 0 spiro atoms. The molecule has 2 saturated heterocycles. The van der Waals surface area contributed by atoms with E-state index in [-0.39, 0.29) is 18.4 Å². The number of fused-ring (bicyclic) bond motifs is 1. The molecule has 2 aliphatic heterocycles. The molecule has 3 heterocycles. The smallest absolute Gasteiger partial charge is 0.303 e. The molecule has 1 aromatic heterocycles. The van der Waals surface area contributed by atoms with Gasteiger partial charge in [-0.1, -0.05) is 29.5 Å². The van der Waals surface area contributed by atoms with Crippen LogP contribution in [0.5, 0.6) is 0 Å². The molecule has 0 N–H and O–H groups in total. The van der Waals surface area contributed by atoms with E-state index in [0.29, 0.717) is 11.4 Å². The summed E-state index contributed by atoms with van der Waals surface area (Å²) in [7, 11) is -1.81. The molecule has 0 aliphatic carbocycles. The molecule has 194 valence electrons. The van der Waals surface area contributed by atoms with Crippen molar-refractivity contribution in [1.29, 1.82) is 0 Å². The van der Waals surface area contributed by atoms with E-state index < -0.39 is 10.0 Å². The van der Waals surface area contributed by atoms with Crippen molar-refractivity contribution >= 4 is 37.8 Å². The molecule has 0 radical (unpaired) electrons. The molecule has 9 heteroatoms. The van der Waals surface area contributed by atoms with E-state index in [2.05, 4.69) is 9.89 Å². The standard InChI is InChI=1S/C27H34N4O3S2.H2/c1-20-18-24(10-9-21(20)19-28-2)36(33,34)30-14-5-6-22(30)11-15-29-16-12-23(13-17-29)31-25-7-3-4-8-26(25)35-27(31)32;/h3-4,7-10,18-19,22-23H,5-6,11-17H2,1-2H3;1H/t22-;/m1./s1. The molecule has 7 nitrogen and oxygen atoms in total. The topological polar surface area (TPSA) is 75.0 Å². The van der Waals surface area contributed by atoms with E-state index in [0.717, 1.165) is 73.1 Å². The minimum absolute atomic E-state index is 0. The zero-order valence-electron chi connectivity index (χ0n) is 21.0. The first-order valence-electron chi connectivity index (χ1n) is 12.8. The average Bonchev–Trinajstić information content (AvgIpc) is 3.48. The Morgan fingerprint density at radius 1 is 1.11 bits per heavy atom. The van der Waals surface area contributed by atoms with Gasteiger partial charge in [-0.15, -0.1) is 0 Å². The summed E-state index contributed by atoms with van der Waals surface area (Å²) >= 11 is 1.33. The summed E-state index contributed by atoms with van der Waals surface area (Å²) < 4.78 is 31.7. The van der Waals surface area contributed by atoms with Gasteiger partial charge in [-0.05, 0) is 81.0 Å². The number of sulfonamides is 1. The minimum Gasteiger partial charge on any atom is -0.303 e. The number of thiazole rings is 1. The van der Waals surface area contributed by atoms with Crippen molar-refractivity contribution in [3.05, 3.63) is 63.3 Å². The van der Waals surface area contributed by atoms with Crippen molar-refractivity contribution in [1.82, 2.24) is 13.8 Å². The van der Waals surface area contributed by atoms with E-state index in [1.165, 1.54) is 11.3 Å². The lowest BCUT2D eigenvalue weighted by molar-refractivity contribution is 0.175. The summed E-state index contributed by atoms with van der Waals surface area (Å²) in [4.78, 5) is 19.6. The van der Waals surface area contributed by atoms with E-state index in [1.807, 2.05) is 41.8 Å². The zero-order chi connectivity index (χ0) is 25.3. The second kappa shape index (κ2) is 10.6. The predicted molar refractivity (Wildman–Crippen MR) is 149 cm³/mol. The van der Waals surface area contributed by atoms with Crippen LogP contribution in [0.4, 0.5) is 0 Å². The molecule has 2 aromatic carbocycles. The number of para-hydroxylation sites is 1. The van der Waals surface area contributed by atoms with Crippen LogP contribution in [0.1, 0.15) is 50.7 Å². The molecule has 1 atom stereocenters.